The zero-order chi connectivity index (χ0) is 11.4. The van der Waals surface area contributed by atoms with Crippen molar-refractivity contribution in [2.24, 2.45) is 11.7 Å². The molecule has 0 amide bonds. The zero-order valence-corrected chi connectivity index (χ0v) is 10.2. The highest BCUT2D eigenvalue weighted by Crippen LogP contribution is 2.35. The lowest BCUT2D eigenvalue weighted by molar-refractivity contribution is 0.407. The lowest BCUT2D eigenvalue weighted by Crippen LogP contribution is -2.21. The maximum Gasteiger partial charge on any atom is 0.0303 e. The number of pyridine rings is 1. The van der Waals surface area contributed by atoms with E-state index >= 15 is 0 Å². The smallest absolute Gasteiger partial charge is 0.0303 e. The fourth-order valence-electron chi connectivity index (χ4n) is 2.89. The van der Waals surface area contributed by atoms with Crippen LogP contribution in [0.25, 0.3) is 0 Å². The Bertz CT molecular complexity index is 335. The number of aryl methyl sites for hydroxylation is 1. The molecule has 1 heterocycles. The van der Waals surface area contributed by atoms with Crippen molar-refractivity contribution in [3.63, 3.8) is 0 Å². The van der Waals surface area contributed by atoms with Gasteiger partial charge in [-0.25, -0.2) is 0 Å². The molecule has 1 fully saturated rings. The van der Waals surface area contributed by atoms with Crippen molar-refractivity contribution in [1.82, 2.24) is 4.98 Å². The quantitative estimate of drug-likeness (QED) is 0.775. The first-order valence-electron chi connectivity index (χ1n) is 6.43. The fraction of sp³-hybridized carbons (Fsp3) is 0.643. The lowest BCUT2D eigenvalue weighted by atomic mass is 9.83. The van der Waals surface area contributed by atoms with Crippen LogP contribution >= 0.6 is 0 Å². The maximum absolute atomic E-state index is 5.92. The van der Waals surface area contributed by atoms with Gasteiger partial charge in [0.05, 0.1) is 0 Å². The van der Waals surface area contributed by atoms with Crippen LogP contribution in [0.15, 0.2) is 18.5 Å². The second-order valence-electron chi connectivity index (χ2n) is 5.04. The number of nitrogens with two attached hydrogens (primary N) is 1. The first kappa shape index (κ1) is 11.6. The Morgan fingerprint density at radius 2 is 2.06 bits per heavy atom. The molecule has 1 saturated carbocycles. The van der Waals surface area contributed by atoms with Crippen LogP contribution in [0.5, 0.6) is 0 Å². The highest BCUT2D eigenvalue weighted by molar-refractivity contribution is 5.21. The van der Waals surface area contributed by atoms with Crippen LogP contribution in [0, 0.1) is 12.8 Å². The van der Waals surface area contributed by atoms with E-state index in [4.69, 9.17) is 5.73 Å². The molecule has 2 atom stereocenters. The van der Waals surface area contributed by atoms with Crippen LogP contribution < -0.4 is 5.73 Å². The summed E-state index contributed by atoms with van der Waals surface area (Å²) in [5, 5.41) is 0. The second-order valence-corrected chi connectivity index (χ2v) is 5.04. The summed E-state index contributed by atoms with van der Waals surface area (Å²) in [5.74, 6) is 1.30. The Morgan fingerprint density at radius 3 is 2.81 bits per heavy atom. The third-order valence-electron chi connectivity index (χ3n) is 3.79. The van der Waals surface area contributed by atoms with E-state index in [-0.39, 0.29) is 0 Å². The summed E-state index contributed by atoms with van der Waals surface area (Å²) in [4.78, 5) is 4.32. The molecular formula is C14H22N2. The lowest BCUT2D eigenvalue weighted by Gasteiger charge is -2.24. The van der Waals surface area contributed by atoms with Crippen LogP contribution in [-0.2, 0) is 0 Å². The van der Waals surface area contributed by atoms with Crippen molar-refractivity contribution < 1.29 is 0 Å². The Morgan fingerprint density at radius 1 is 1.25 bits per heavy atom. The molecule has 88 valence electrons. The van der Waals surface area contributed by atoms with Crippen molar-refractivity contribution in [2.75, 3.05) is 6.54 Å². The van der Waals surface area contributed by atoms with E-state index in [1.165, 1.54) is 43.2 Å². The van der Waals surface area contributed by atoms with E-state index in [1.54, 1.807) is 0 Å². The van der Waals surface area contributed by atoms with Gasteiger partial charge in [-0.2, -0.15) is 0 Å². The normalized spacial score (nSPS) is 26.4. The summed E-state index contributed by atoms with van der Waals surface area (Å²) in [6, 6.07) is 2.28. The van der Waals surface area contributed by atoms with Gasteiger partial charge < -0.3 is 5.73 Å². The maximum atomic E-state index is 5.92. The molecule has 0 spiro atoms. The van der Waals surface area contributed by atoms with Crippen LogP contribution in [0.2, 0.25) is 0 Å². The van der Waals surface area contributed by atoms with Crippen molar-refractivity contribution in [1.29, 1.82) is 0 Å². The van der Waals surface area contributed by atoms with Gasteiger partial charge in [-0.15, -0.1) is 0 Å². The third-order valence-corrected chi connectivity index (χ3v) is 3.79. The topological polar surface area (TPSA) is 38.9 Å². The molecule has 0 radical (unpaired) electrons. The van der Waals surface area contributed by atoms with E-state index in [0.717, 1.165) is 6.54 Å². The van der Waals surface area contributed by atoms with Gasteiger partial charge >= 0.3 is 0 Å². The number of nitrogens with zero attached hydrogens (tertiary/aromatic N) is 1. The summed E-state index contributed by atoms with van der Waals surface area (Å²) < 4.78 is 0. The number of hydrogen-bond acceptors (Lipinski definition) is 2. The Labute approximate surface area is 98.3 Å². The Kier molecular flexibility index (Phi) is 3.94. The Hall–Kier alpha value is -0.890. The van der Waals surface area contributed by atoms with Gasteiger partial charge in [-0.1, -0.05) is 25.3 Å². The van der Waals surface area contributed by atoms with Crippen LogP contribution in [0.4, 0.5) is 0 Å². The van der Waals surface area contributed by atoms with E-state index in [9.17, 15) is 0 Å². The Balaban J connectivity index is 2.21. The van der Waals surface area contributed by atoms with Gasteiger partial charge in [0.1, 0.15) is 0 Å². The highest BCUT2D eigenvalue weighted by atomic mass is 14.6. The first-order valence-corrected chi connectivity index (χ1v) is 6.43. The second kappa shape index (κ2) is 5.44. The number of hydrogen-bond donors (Lipinski definition) is 1. The van der Waals surface area contributed by atoms with E-state index in [2.05, 4.69) is 18.0 Å². The highest BCUT2D eigenvalue weighted by Gasteiger charge is 2.24. The molecule has 16 heavy (non-hydrogen) atoms. The minimum absolute atomic E-state index is 0.639. The predicted molar refractivity (Wildman–Crippen MR) is 67.3 cm³/mol. The van der Waals surface area contributed by atoms with Gasteiger partial charge in [-0.3, -0.25) is 4.98 Å². The van der Waals surface area contributed by atoms with E-state index < -0.39 is 0 Å². The van der Waals surface area contributed by atoms with E-state index in [0.29, 0.717) is 11.8 Å². The molecule has 1 aliphatic rings. The zero-order valence-electron chi connectivity index (χ0n) is 10.2. The summed E-state index contributed by atoms with van der Waals surface area (Å²) in [5.41, 5.74) is 8.58. The molecule has 2 nitrogen and oxygen atoms in total. The van der Waals surface area contributed by atoms with Crippen molar-refractivity contribution in [3.8, 4) is 0 Å². The van der Waals surface area contributed by atoms with Crippen molar-refractivity contribution >= 4 is 0 Å². The molecule has 0 aromatic carbocycles. The predicted octanol–water partition coefficient (Wildman–Crippen LogP) is 3.01. The molecule has 1 aromatic heterocycles. The van der Waals surface area contributed by atoms with Crippen LogP contribution in [0.3, 0.4) is 0 Å². The average Bonchev–Trinajstić information content (AvgIpc) is 2.53. The van der Waals surface area contributed by atoms with Crippen LogP contribution in [-0.4, -0.2) is 11.5 Å². The van der Waals surface area contributed by atoms with Gasteiger partial charge in [0.2, 0.25) is 0 Å². The minimum atomic E-state index is 0.639. The molecule has 0 bridgehead atoms. The SMILES string of the molecule is Cc1cncc(C2CCCCCC2CN)c1. The molecule has 2 heteroatoms. The summed E-state index contributed by atoms with van der Waals surface area (Å²) in [6.07, 6.45) is 10.6. The van der Waals surface area contributed by atoms with Gasteiger partial charge in [0, 0.05) is 12.4 Å². The number of rotatable bonds is 2. The molecule has 0 aliphatic heterocycles. The molecule has 2 rings (SSSR count). The summed E-state index contributed by atoms with van der Waals surface area (Å²) >= 11 is 0. The fourth-order valence-corrected chi connectivity index (χ4v) is 2.89. The molecular weight excluding hydrogens is 196 g/mol. The van der Waals surface area contributed by atoms with Gasteiger partial charge in [-0.05, 0) is 49.3 Å². The van der Waals surface area contributed by atoms with Gasteiger partial charge in [0.25, 0.3) is 0 Å². The molecule has 2 unspecified atom stereocenters. The molecule has 1 aromatic rings. The van der Waals surface area contributed by atoms with Crippen LogP contribution in [0.1, 0.15) is 49.1 Å². The van der Waals surface area contributed by atoms with Crippen molar-refractivity contribution in [2.45, 2.75) is 44.9 Å². The van der Waals surface area contributed by atoms with Gasteiger partial charge in [0.15, 0.2) is 0 Å². The largest absolute Gasteiger partial charge is 0.330 e. The molecule has 2 N–H and O–H groups in total. The minimum Gasteiger partial charge on any atom is -0.330 e. The number of aromatic nitrogens is 1. The molecule has 1 aliphatic carbocycles. The summed E-state index contributed by atoms with van der Waals surface area (Å²) in [6.45, 7) is 2.93. The monoisotopic (exact) mass is 218 g/mol. The third kappa shape index (κ3) is 2.62. The molecule has 0 saturated heterocycles. The standard InChI is InChI=1S/C14H22N2/c1-11-7-13(10-16-9-11)14-6-4-2-3-5-12(14)8-15/h7,9-10,12,14H,2-6,8,15H2,1H3. The first-order chi connectivity index (χ1) is 7.81. The van der Waals surface area contributed by atoms with E-state index in [1.807, 2.05) is 12.4 Å². The summed E-state index contributed by atoms with van der Waals surface area (Å²) in [7, 11) is 0. The van der Waals surface area contributed by atoms with Crippen molar-refractivity contribution in [3.05, 3.63) is 29.6 Å². The average molecular weight is 218 g/mol.